The molecule has 0 fully saturated rings. The third kappa shape index (κ3) is 6.03. The van der Waals surface area contributed by atoms with E-state index in [0.717, 1.165) is 18.7 Å². The maximum Gasteiger partial charge on any atom is 0.307 e. The number of esters is 1. The third-order valence-corrected chi connectivity index (χ3v) is 3.60. The number of hydrogen-bond acceptors (Lipinski definition) is 5. The second-order valence-electron chi connectivity index (χ2n) is 5.04. The lowest BCUT2D eigenvalue weighted by atomic mass is 10.1. The Morgan fingerprint density at radius 2 is 2.00 bits per heavy atom. The molecule has 1 atom stereocenters. The summed E-state index contributed by atoms with van der Waals surface area (Å²) in [4.78, 5) is 13.5. The number of rotatable bonds is 10. The molecule has 0 aliphatic rings. The van der Waals surface area contributed by atoms with E-state index in [-0.39, 0.29) is 5.97 Å². The smallest absolute Gasteiger partial charge is 0.307 e. The van der Waals surface area contributed by atoms with Gasteiger partial charge < -0.3 is 19.5 Å². The number of carbonyl (C=O) groups excluding carboxylic acids is 1. The monoisotopic (exact) mass is 309 g/mol. The molecule has 1 unspecified atom stereocenters. The van der Waals surface area contributed by atoms with E-state index in [2.05, 4.69) is 4.90 Å². The first-order valence-electron chi connectivity index (χ1n) is 7.81. The number of benzene rings is 1. The van der Waals surface area contributed by atoms with Gasteiger partial charge >= 0.3 is 5.97 Å². The van der Waals surface area contributed by atoms with Gasteiger partial charge in [0.15, 0.2) is 0 Å². The summed E-state index contributed by atoms with van der Waals surface area (Å²) < 4.78 is 10.2. The summed E-state index contributed by atoms with van der Waals surface area (Å²) in [6, 6.07) is 7.49. The number of para-hydroxylation sites is 1. The van der Waals surface area contributed by atoms with Crippen molar-refractivity contribution in [3.05, 3.63) is 29.8 Å². The van der Waals surface area contributed by atoms with Crippen molar-refractivity contribution in [1.82, 2.24) is 4.90 Å². The quantitative estimate of drug-likeness (QED) is 0.673. The van der Waals surface area contributed by atoms with Gasteiger partial charge in [-0.05, 0) is 26.0 Å². The van der Waals surface area contributed by atoms with E-state index in [1.54, 1.807) is 14.0 Å². The Hall–Kier alpha value is -1.59. The lowest BCUT2D eigenvalue weighted by Gasteiger charge is -2.22. The zero-order valence-corrected chi connectivity index (χ0v) is 13.7. The van der Waals surface area contributed by atoms with Crippen LogP contribution in [0, 0.1) is 0 Å². The van der Waals surface area contributed by atoms with Crippen LogP contribution in [0.25, 0.3) is 0 Å². The second kappa shape index (κ2) is 10.2. The summed E-state index contributed by atoms with van der Waals surface area (Å²) in [5, 5.41) is 10.3. The zero-order chi connectivity index (χ0) is 16.4. The molecule has 1 aromatic carbocycles. The molecule has 1 rings (SSSR count). The summed E-state index contributed by atoms with van der Waals surface area (Å²) in [5.41, 5.74) is 0.798. The van der Waals surface area contributed by atoms with Gasteiger partial charge in [-0.1, -0.05) is 25.1 Å². The molecule has 0 aliphatic heterocycles. The summed E-state index contributed by atoms with van der Waals surface area (Å²) >= 11 is 0. The molecular formula is C17H27NO4. The van der Waals surface area contributed by atoms with Crippen LogP contribution in [-0.2, 0) is 9.53 Å². The molecule has 0 aliphatic carbocycles. The van der Waals surface area contributed by atoms with Gasteiger partial charge in [-0.2, -0.15) is 0 Å². The Bertz CT molecular complexity index is 450. The van der Waals surface area contributed by atoms with Crippen LogP contribution in [-0.4, -0.2) is 49.3 Å². The van der Waals surface area contributed by atoms with Crippen LogP contribution >= 0.6 is 0 Å². The van der Waals surface area contributed by atoms with E-state index >= 15 is 0 Å². The van der Waals surface area contributed by atoms with Crippen LogP contribution in [0.3, 0.4) is 0 Å². The second-order valence-corrected chi connectivity index (χ2v) is 5.04. The molecule has 1 N–H and O–H groups in total. The lowest BCUT2D eigenvalue weighted by Crippen LogP contribution is -2.28. The number of ether oxygens (including phenoxy) is 2. The SMILES string of the molecule is CCOC(=O)CCN(CC)CCC(O)c1ccccc1OC. The minimum Gasteiger partial charge on any atom is -0.496 e. The normalized spacial score (nSPS) is 12.2. The maximum absolute atomic E-state index is 11.4. The lowest BCUT2D eigenvalue weighted by molar-refractivity contribution is -0.143. The Labute approximate surface area is 132 Å². The highest BCUT2D eigenvalue weighted by Crippen LogP contribution is 2.26. The number of methoxy groups -OCH3 is 1. The Morgan fingerprint density at radius 1 is 1.27 bits per heavy atom. The van der Waals surface area contributed by atoms with Gasteiger partial charge in [0.2, 0.25) is 0 Å². The summed E-state index contributed by atoms with van der Waals surface area (Å²) in [6.45, 7) is 6.46. The van der Waals surface area contributed by atoms with Crippen molar-refractivity contribution < 1.29 is 19.4 Å². The van der Waals surface area contributed by atoms with Crippen LogP contribution in [0.2, 0.25) is 0 Å². The van der Waals surface area contributed by atoms with E-state index < -0.39 is 6.10 Å². The van der Waals surface area contributed by atoms with Gasteiger partial charge in [-0.25, -0.2) is 0 Å². The Balaban J connectivity index is 2.46. The fraction of sp³-hybridized carbons (Fsp3) is 0.588. The highest BCUT2D eigenvalue weighted by molar-refractivity contribution is 5.69. The predicted molar refractivity (Wildman–Crippen MR) is 85.9 cm³/mol. The highest BCUT2D eigenvalue weighted by atomic mass is 16.5. The average molecular weight is 309 g/mol. The summed E-state index contributed by atoms with van der Waals surface area (Å²) in [5.74, 6) is 0.524. The van der Waals surface area contributed by atoms with Crippen molar-refractivity contribution in [2.45, 2.75) is 32.8 Å². The molecule has 0 aromatic heterocycles. The van der Waals surface area contributed by atoms with E-state index in [1.165, 1.54) is 0 Å². The molecule has 1 aromatic rings. The topological polar surface area (TPSA) is 59.0 Å². The highest BCUT2D eigenvalue weighted by Gasteiger charge is 2.15. The van der Waals surface area contributed by atoms with Gasteiger partial charge in [-0.3, -0.25) is 4.79 Å². The molecule has 0 saturated heterocycles. The standard InChI is InChI=1S/C17H27NO4/c1-4-18(13-11-17(20)22-5-2)12-10-15(19)14-8-6-7-9-16(14)21-3/h6-9,15,19H,4-5,10-13H2,1-3H3. The van der Waals surface area contributed by atoms with Crippen molar-refractivity contribution in [3.63, 3.8) is 0 Å². The maximum atomic E-state index is 11.4. The fourth-order valence-electron chi connectivity index (χ4n) is 2.31. The average Bonchev–Trinajstić information content (AvgIpc) is 2.55. The first-order chi connectivity index (χ1) is 10.6. The largest absolute Gasteiger partial charge is 0.496 e. The number of aliphatic hydroxyl groups is 1. The van der Waals surface area contributed by atoms with E-state index in [1.807, 2.05) is 31.2 Å². The van der Waals surface area contributed by atoms with Crippen LogP contribution in [0.1, 0.15) is 38.4 Å². The van der Waals surface area contributed by atoms with E-state index in [9.17, 15) is 9.90 Å². The first-order valence-corrected chi connectivity index (χ1v) is 7.81. The van der Waals surface area contributed by atoms with Crippen LogP contribution in [0.4, 0.5) is 0 Å². The Morgan fingerprint density at radius 3 is 2.64 bits per heavy atom. The van der Waals surface area contributed by atoms with Gasteiger partial charge in [0.05, 0.1) is 26.2 Å². The van der Waals surface area contributed by atoms with Gasteiger partial charge in [-0.15, -0.1) is 0 Å². The Kier molecular flexibility index (Phi) is 8.55. The van der Waals surface area contributed by atoms with Crippen LogP contribution in [0.5, 0.6) is 5.75 Å². The van der Waals surface area contributed by atoms with Crippen molar-refractivity contribution in [1.29, 1.82) is 0 Å². The number of hydrogen-bond donors (Lipinski definition) is 1. The van der Waals surface area contributed by atoms with Crippen molar-refractivity contribution in [2.75, 3.05) is 33.4 Å². The molecule has 0 amide bonds. The first kappa shape index (κ1) is 18.5. The molecule has 0 heterocycles. The molecular weight excluding hydrogens is 282 g/mol. The fourth-order valence-corrected chi connectivity index (χ4v) is 2.31. The number of aliphatic hydroxyl groups excluding tert-OH is 1. The summed E-state index contributed by atoms with van der Waals surface area (Å²) in [7, 11) is 1.60. The van der Waals surface area contributed by atoms with Gasteiger partial charge in [0.25, 0.3) is 0 Å². The number of nitrogens with zero attached hydrogens (tertiary/aromatic N) is 1. The molecule has 0 bridgehead atoms. The van der Waals surface area contributed by atoms with Crippen molar-refractivity contribution in [3.8, 4) is 5.75 Å². The zero-order valence-electron chi connectivity index (χ0n) is 13.7. The third-order valence-electron chi connectivity index (χ3n) is 3.60. The number of carbonyl (C=O) groups is 1. The molecule has 5 nitrogen and oxygen atoms in total. The van der Waals surface area contributed by atoms with Gasteiger partial charge in [0.1, 0.15) is 5.75 Å². The molecule has 0 saturated carbocycles. The molecule has 22 heavy (non-hydrogen) atoms. The molecule has 5 heteroatoms. The van der Waals surface area contributed by atoms with Crippen molar-refractivity contribution in [2.24, 2.45) is 0 Å². The van der Waals surface area contributed by atoms with E-state index in [4.69, 9.17) is 9.47 Å². The van der Waals surface area contributed by atoms with E-state index in [0.29, 0.717) is 31.7 Å². The van der Waals surface area contributed by atoms with Gasteiger partial charge in [0, 0.05) is 18.7 Å². The van der Waals surface area contributed by atoms with Crippen molar-refractivity contribution >= 4 is 5.97 Å². The molecule has 0 radical (unpaired) electrons. The minimum absolute atomic E-state index is 0.175. The minimum atomic E-state index is -0.576. The predicted octanol–water partition coefficient (Wildman–Crippen LogP) is 2.39. The van der Waals surface area contributed by atoms with Crippen LogP contribution < -0.4 is 4.74 Å². The van der Waals surface area contributed by atoms with Crippen LogP contribution in [0.15, 0.2) is 24.3 Å². The molecule has 0 spiro atoms. The molecule has 124 valence electrons. The summed E-state index contributed by atoms with van der Waals surface area (Å²) in [6.07, 6.45) is 0.400.